The van der Waals surface area contributed by atoms with Crippen molar-refractivity contribution >= 4 is 32.5 Å². The molecule has 35 heavy (non-hydrogen) atoms. The molecule has 9 heteroatoms. The van der Waals surface area contributed by atoms with Gasteiger partial charge in [0, 0.05) is 25.2 Å². The zero-order chi connectivity index (χ0) is 24.5. The second kappa shape index (κ2) is 7.45. The Labute approximate surface area is 200 Å². The van der Waals surface area contributed by atoms with Gasteiger partial charge in [-0.15, -0.1) is 0 Å². The van der Waals surface area contributed by atoms with E-state index in [4.69, 9.17) is 0 Å². The van der Waals surface area contributed by atoms with Crippen LogP contribution in [0.3, 0.4) is 0 Å². The minimum absolute atomic E-state index is 0.145. The lowest BCUT2D eigenvalue weighted by atomic mass is 9.64. The molecule has 1 aromatic heterocycles. The normalized spacial score (nSPS) is 16.5. The van der Waals surface area contributed by atoms with Crippen LogP contribution in [0.1, 0.15) is 30.4 Å². The Kier molecular flexibility index (Phi) is 4.67. The number of carbonyl (C=O) groups excluding carboxylic acids is 1. The predicted octanol–water partition coefficient (Wildman–Crippen LogP) is 4.87. The molecule has 0 aliphatic heterocycles. The number of aryl methyl sites for hydroxylation is 1. The van der Waals surface area contributed by atoms with Crippen LogP contribution in [0.25, 0.3) is 22.2 Å². The zero-order valence-corrected chi connectivity index (χ0v) is 19.6. The second-order valence-corrected chi connectivity index (χ2v) is 11.0. The minimum atomic E-state index is -4.34. The Morgan fingerprint density at radius 1 is 1.06 bits per heavy atom. The number of sulfonamides is 1. The van der Waals surface area contributed by atoms with Crippen LogP contribution in [-0.2, 0) is 33.7 Å². The molecule has 178 valence electrons. The third-order valence-corrected chi connectivity index (χ3v) is 8.73. The molecule has 1 fully saturated rings. The van der Waals surface area contributed by atoms with Crippen molar-refractivity contribution in [3.8, 4) is 11.1 Å². The average molecular weight is 494 g/mol. The number of nitrogens with zero attached hydrogens (tertiary/aromatic N) is 2. The Bertz CT molecular complexity index is 1660. The van der Waals surface area contributed by atoms with Gasteiger partial charge in [-0.2, -0.15) is 0 Å². The summed E-state index contributed by atoms with van der Waals surface area (Å²) in [5, 5.41) is 0. The average Bonchev–Trinajstić information content (AvgIpc) is 3.28. The monoisotopic (exact) mass is 493 g/mol. The van der Waals surface area contributed by atoms with Crippen molar-refractivity contribution in [1.82, 2.24) is 9.55 Å². The first-order valence-electron chi connectivity index (χ1n) is 11.3. The van der Waals surface area contributed by atoms with Gasteiger partial charge in [0.2, 0.25) is 0 Å². The van der Waals surface area contributed by atoms with Crippen molar-refractivity contribution in [3.05, 3.63) is 77.6 Å². The highest BCUT2D eigenvalue weighted by Gasteiger charge is 2.51. The van der Waals surface area contributed by atoms with Gasteiger partial charge in [-0.3, -0.25) is 9.52 Å². The molecule has 4 aromatic rings. The first kappa shape index (κ1) is 21.9. The molecule has 0 radical (unpaired) electrons. The molecule has 2 aliphatic rings. The van der Waals surface area contributed by atoms with Crippen LogP contribution < -0.4 is 4.72 Å². The summed E-state index contributed by atoms with van der Waals surface area (Å²) in [4.78, 5) is 16.8. The molecule has 2 aliphatic carbocycles. The predicted molar refractivity (Wildman–Crippen MR) is 128 cm³/mol. The van der Waals surface area contributed by atoms with Crippen LogP contribution >= 0.6 is 0 Å². The molecule has 1 N–H and O–H groups in total. The summed E-state index contributed by atoms with van der Waals surface area (Å²) in [6.45, 7) is 0. The molecular weight excluding hydrogens is 472 g/mol. The highest BCUT2D eigenvalue weighted by atomic mass is 32.2. The number of halogens is 2. The highest BCUT2D eigenvalue weighted by molar-refractivity contribution is 7.92. The minimum Gasteiger partial charge on any atom is -0.334 e. The molecule has 1 spiro atoms. The molecule has 0 saturated heterocycles. The van der Waals surface area contributed by atoms with E-state index in [0.29, 0.717) is 6.07 Å². The summed E-state index contributed by atoms with van der Waals surface area (Å²) < 4.78 is 58.0. The number of Topliss-reactive ketones (excluding diaryl/α,β-unsaturated/α-hetero) is 1. The van der Waals surface area contributed by atoms with E-state index in [1.165, 1.54) is 0 Å². The van der Waals surface area contributed by atoms with Gasteiger partial charge in [0.1, 0.15) is 22.3 Å². The number of fused-ring (bicyclic) bond motifs is 3. The fourth-order valence-electron chi connectivity index (χ4n) is 5.36. The van der Waals surface area contributed by atoms with E-state index in [2.05, 4.69) is 9.71 Å². The van der Waals surface area contributed by atoms with Crippen molar-refractivity contribution < 1.29 is 22.0 Å². The first-order valence-corrected chi connectivity index (χ1v) is 12.8. The highest BCUT2D eigenvalue weighted by Crippen LogP contribution is 2.53. The molecule has 6 nitrogen and oxygen atoms in total. The van der Waals surface area contributed by atoms with Gasteiger partial charge in [-0.25, -0.2) is 22.2 Å². The second-order valence-electron chi connectivity index (χ2n) is 9.32. The number of carbonyl (C=O) groups is 1. The summed E-state index contributed by atoms with van der Waals surface area (Å²) in [7, 11) is -2.45. The van der Waals surface area contributed by atoms with Gasteiger partial charge in [-0.1, -0.05) is 12.5 Å². The van der Waals surface area contributed by atoms with E-state index >= 15 is 0 Å². The third-order valence-electron chi connectivity index (χ3n) is 7.32. The Balaban J connectivity index is 1.52. The maximum Gasteiger partial charge on any atom is 0.264 e. The zero-order valence-electron chi connectivity index (χ0n) is 18.8. The number of nitrogens with one attached hydrogen (secondary N) is 1. The molecule has 1 saturated carbocycles. The number of rotatable bonds is 4. The van der Waals surface area contributed by atoms with Crippen molar-refractivity contribution in [2.24, 2.45) is 7.05 Å². The molecule has 0 amide bonds. The molecule has 6 rings (SSSR count). The summed E-state index contributed by atoms with van der Waals surface area (Å²) in [5.74, 6) is -1.89. The van der Waals surface area contributed by atoms with Crippen LogP contribution in [0.15, 0.2) is 59.8 Å². The van der Waals surface area contributed by atoms with E-state index in [1.807, 2.05) is 29.8 Å². The van der Waals surface area contributed by atoms with E-state index in [-0.39, 0.29) is 17.9 Å². The summed E-state index contributed by atoms with van der Waals surface area (Å²) in [6, 6.07) is 11.5. The number of anilines is 1. The van der Waals surface area contributed by atoms with Crippen LogP contribution in [0, 0.1) is 11.6 Å². The number of hydrogen-bond acceptors (Lipinski definition) is 4. The lowest BCUT2D eigenvalue weighted by Gasteiger charge is -2.38. The third kappa shape index (κ3) is 3.29. The van der Waals surface area contributed by atoms with Crippen LogP contribution in [0.4, 0.5) is 14.5 Å². The summed E-state index contributed by atoms with van der Waals surface area (Å²) in [5.41, 5.74) is 4.66. The largest absolute Gasteiger partial charge is 0.334 e. The Morgan fingerprint density at radius 3 is 2.57 bits per heavy atom. The maximum absolute atomic E-state index is 14.3. The standard InChI is InChI=1S/C26H21F2N3O3S/c1-31-14-29-22-5-3-15(9-23(22)31)18-11-17(12-20-19(18)13-25(32)26(20)7-2-8-26)30-35(33,34)24-6-4-16(27)10-21(24)28/h3-6,9-12,14,30H,2,7-8,13H2,1H3. The summed E-state index contributed by atoms with van der Waals surface area (Å²) >= 11 is 0. The molecule has 0 unspecified atom stereocenters. The van der Waals surface area contributed by atoms with Crippen molar-refractivity contribution in [2.75, 3.05) is 4.72 Å². The topological polar surface area (TPSA) is 81.1 Å². The van der Waals surface area contributed by atoms with E-state index in [9.17, 15) is 22.0 Å². The van der Waals surface area contributed by atoms with Gasteiger partial charge in [0.15, 0.2) is 0 Å². The number of hydrogen-bond donors (Lipinski definition) is 1. The molecular formula is C26H21F2N3O3S. The number of ketones is 1. The Morgan fingerprint density at radius 2 is 1.86 bits per heavy atom. The van der Waals surface area contributed by atoms with Crippen molar-refractivity contribution in [1.29, 1.82) is 0 Å². The molecule has 3 aromatic carbocycles. The number of benzene rings is 3. The quantitative estimate of drug-likeness (QED) is 0.440. The van der Waals surface area contributed by atoms with Crippen LogP contribution in [-0.4, -0.2) is 23.8 Å². The van der Waals surface area contributed by atoms with Gasteiger partial charge >= 0.3 is 0 Å². The first-order chi connectivity index (χ1) is 16.7. The summed E-state index contributed by atoms with van der Waals surface area (Å²) in [6.07, 6.45) is 4.38. The van der Waals surface area contributed by atoms with Crippen LogP contribution in [0.5, 0.6) is 0 Å². The maximum atomic E-state index is 14.3. The van der Waals surface area contributed by atoms with Gasteiger partial charge < -0.3 is 4.57 Å². The van der Waals surface area contributed by atoms with Gasteiger partial charge in [-0.05, 0) is 71.5 Å². The van der Waals surface area contributed by atoms with Gasteiger partial charge in [0.05, 0.1) is 22.8 Å². The molecule has 1 heterocycles. The van der Waals surface area contributed by atoms with E-state index < -0.39 is 32.0 Å². The number of aromatic nitrogens is 2. The molecule has 0 atom stereocenters. The van der Waals surface area contributed by atoms with Crippen LogP contribution in [0.2, 0.25) is 0 Å². The lowest BCUT2D eigenvalue weighted by molar-refractivity contribution is -0.125. The van der Waals surface area contributed by atoms with Crippen molar-refractivity contribution in [3.63, 3.8) is 0 Å². The van der Waals surface area contributed by atoms with E-state index in [0.717, 1.165) is 64.7 Å². The fourth-order valence-corrected chi connectivity index (χ4v) is 6.46. The lowest BCUT2D eigenvalue weighted by Crippen LogP contribution is -2.39. The number of imidazole rings is 1. The van der Waals surface area contributed by atoms with E-state index in [1.54, 1.807) is 18.5 Å². The molecule has 0 bridgehead atoms. The smallest absolute Gasteiger partial charge is 0.264 e. The van der Waals surface area contributed by atoms with Gasteiger partial charge in [0.25, 0.3) is 10.0 Å². The Hall–Kier alpha value is -3.59. The van der Waals surface area contributed by atoms with Crippen molar-refractivity contribution in [2.45, 2.75) is 36.0 Å². The SMILES string of the molecule is Cn1cnc2ccc(-c3cc(NS(=O)(=O)c4ccc(F)cc4F)cc4c3CC(=O)C43CCC3)cc21. The fraction of sp³-hybridized carbons (Fsp3) is 0.231.